The number of carbonyl (C=O) groups excluding carboxylic acids is 3. The Morgan fingerprint density at radius 1 is 1.07 bits per heavy atom. The van der Waals surface area contributed by atoms with Crippen molar-refractivity contribution < 1.29 is 14.4 Å². The van der Waals surface area contributed by atoms with Crippen LogP contribution in [0.15, 0.2) is 59.7 Å². The number of anilines is 1. The molecule has 3 rings (SSSR count). The third-order valence-electron chi connectivity index (χ3n) is 4.85. The van der Waals surface area contributed by atoms with Crippen LogP contribution in [0, 0.1) is 0 Å². The number of rotatable bonds is 7. The smallest absolute Gasteiger partial charge is 0.243 e. The lowest BCUT2D eigenvalue weighted by Crippen LogP contribution is -2.29. The van der Waals surface area contributed by atoms with Gasteiger partial charge in [-0.05, 0) is 30.2 Å². The van der Waals surface area contributed by atoms with Crippen LogP contribution in [0.3, 0.4) is 0 Å². The van der Waals surface area contributed by atoms with Crippen molar-refractivity contribution in [1.29, 1.82) is 0 Å². The van der Waals surface area contributed by atoms with E-state index in [2.05, 4.69) is 15.7 Å². The van der Waals surface area contributed by atoms with Crippen molar-refractivity contribution in [3.63, 3.8) is 0 Å². The fourth-order valence-corrected chi connectivity index (χ4v) is 3.31. The van der Waals surface area contributed by atoms with E-state index >= 15 is 0 Å². The molecule has 1 heterocycles. The van der Waals surface area contributed by atoms with Crippen molar-refractivity contribution >= 4 is 29.1 Å². The van der Waals surface area contributed by atoms with E-state index in [1.54, 1.807) is 6.07 Å². The fraction of sp³-hybridized carbons (Fsp3) is 0.304. The molecule has 2 aromatic carbocycles. The van der Waals surface area contributed by atoms with Gasteiger partial charge < -0.3 is 10.6 Å². The van der Waals surface area contributed by atoms with Gasteiger partial charge >= 0.3 is 0 Å². The predicted octanol–water partition coefficient (Wildman–Crippen LogP) is 3.24. The highest BCUT2D eigenvalue weighted by atomic mass is 16.2. The molecule has 0 saturated carbocycles. The molecule has 2 N–H and O–H groups in total. The Bertz CT molecular complexity index is 956. The summed E-state index contributed by atoms with van der Waals surface area (Å²) in [5.74, 6) is -0.508. The minimum absolute atomic E-state index is 0.0985. The molecule has 0 spiro atoms. The summed E-state index contributed by atoms with van der Waals surface area (Å²) in [7, 11) is 0. The van der Waals surface area contributed by atoms with Gasteiger partial charge in [0.25, 0.3) is 0 Å². The van der Waals surface area contributed by atoms with Crippen LogP contribution in [0.2, 0.25) is 0 Å². The molecule has 0 aromatic heterocycles. The van der Waals surface area contributed by atoms with Crippen molar-refractivity contribution in [2.75, 3.05) is 11.9 Å². The summed E-state index contributed by atoms with van der Waals surface area (Å²) >= 11 is 0. The topological polar surface area (TPSA) is 90.9 Å². The average Bonchev–Trinajstić information content (AvgIpc) is 3.23. The van der Waals surface area contributed by atoms with Crippen LogP contribution in [-0.2, 0) is 14.4 Å². The van der Waals surface area contributed by atoms with E-state index in [1.807, 2.05) is 55.5 Å². The van der Waals surface area contributed by atoms with Crippen LogP contribution in [0.5, 0.6) is 0 Å². The number of hydrogen-bond donors (Lipinski definition) is 2. The highest BCUT2D eigenvalue weighted by Crippen LogP contribution is 2.18. The number of nitrogens with zero attached hydrogens (tertiary/aromatic N) is 2. The summed E-state index contributed by atoms with van der Waals surface area (Å²) in [6, 6.07) is 16.9. The molecule has 0 bridgehead atoms. The lowest BCUT2D eigenvalue weighted by molar-refractivity contribution is -0.133. The van der Waals surface area contributed by atoms with Crippen LogP contribution in [0.25, 0.3) is 0 Å². The number of hydrogen-bond acceptors (Lipinski definition) is 4. The van der Waals surface area contributed by atoms with E-state index in [0.717, 1.165) is 16.8 Å². The molecule has 1 atom stereocenters. The number of amides is 3. The molecule has 2 aromatic rings. The zero-order valence-electron chi connectivity index (χ0n) is 17.2. The maximum atomic E-state index is 12.4. The van der Waals surface area contributed by atoms with Gasteiger partial charge in [0.05, 0.1) is 18.3 Å². The second-order valence-electron chi connectivity index (χ2n) is 7.28. The molecular formula is C23H26N4O3. The molecular weight excluding hydrogens is 380 g/mol. The summed E-state index contributed by atoms with van der Waals surface area (Å²) in [6.45, 7) is 3.85. The Morgan fingerprint density at radius 2 is 1.83 bits per heavy atom. The van der Waals surface area contributed by atoms with E-state index in [0.29, 0.717) is 18.7 Å². The Hall–Kier alpha value is -3.48. The Labute approximate surface area is 176 Å². The lowest BCUT2D eigenvalue weighted by Gasteiger charge is -2.16. The Morgan fingerprint density at radius 3 is 2.57 bits per heavy atom. The molecule has 156 valence electrons. The summed E-state index contributed by atoms with van der Waals surface area (Å²) in [5, 5.41) is 11.5. The molecule has 3 amide bonds. The quantitative estimate of drug-likeness (QED) is 0.740. The summed E-state index contributed by atoms with van der Waals surface area (Å²) in [6.07, 6.45) is 0.918. The van der Waals surface area contributed by atoms with Gasteiger partial charge in [-0.25, -0.2) is 5.01 Å². The molecule has 1 aliphatic rings. The molecule has 7 heteroatoms. The number of nitrogens with one attached hydrogen (secondary N) is 2. The average molecular weight is 406 g/mol. The molecule has 0 radical (unpaired) electrons. The van der Waals surface area contributed by atoms with Gasteiger partial charge in [0.2, 0.25) is 17.7 Å². The number of benzene rings is 2. The Balaban J connectivity index is 1.49. The lowest BCUT2D eigenvalue weighted by atomic mass is 10.1. The Kier molecular flexibility index (Phi) is 6.95. The first kappa shape index (κ1) is 21.2. The van der Waals surface area contributed by atoms with Crippen LogP contribution in [-0.4, -0.2) is 35.0 Å². The van der Waals surface area contributed by atoms with Gasteiger partial charge in [-0.1, -0.05) is 42.5 Å². The maximum Gasteiger partial charge on any atom is 0.243 e. The molecule has 1 aliphatic heterocycles. The third-order valence-corrected chi connectivity index (χ3v) is 4.85. The number of carbonyl (C=O) groups is 3. The highest BCUT2D eigenvalue weighted by Gasteiger charge is 2.22. The largest absolute Gasteiger partial charge is 0.350 e. The van der Waals surface area contributed by atoms with Gasteiger partial charge in [0.1, 0.15) is 0 Å². The zero-order valence-corrected chi connectivity index (χ0v) is 17.2. The van der Waals surface area contributed by atoms with Gasteiger partial charge in [0, 0.05) is 31.9 Å². The molecule has 1 unspecified atom stereocenters. The summed E-state index contributed by atoms with van der Waals surface area (Å²) in [4.78, 5) is 35.9. The molecule has 0 fully saturated rings. The van der Waals surface area contributed by atoms with Crippen LogP contribution in [0.1, 0.15) is 50.3 Å². The second kappa shape index (κ2) is 9.82. The van der Waals surface area contributed by atoms with Crippen LogP contribution in [0.4, 0.5) is 5.69 Å². The van der Waals surface area contributed by atoms with Crippen molar-refractivity contribution in [2.45, 2.75) is 39.2 Å². The first-order chi connectivity index (χ1) is 14.4. The second-order valence-corrected chi connectivity index (χ2v) is 7.28. The first-order valence-corrected chi connectivity index (χ1v) is 10.0. The van der Waals surface area contributed by atoms with E-state index in [4.69, 9.17) is 0 Å². The molecule has 0 saturated heterocycles. The third kappa shape index (κ3) is 5.76. The zero-order chi connectivity index (χ0) is 21.5. The van der Waals surface area contributed by atoms with E-state index in [9.17, 15) is 14.4 Å². The standard InChI is InChI=1S/C23H26N4O3/c1-16(19-9-6-10-20(15-19)25-17(2)28)24-22(29)11-12-23(30)27-14-13-21(26-27)18-7-4-3-5-8-18/h3-10,15-16H,11-14H2,1-2H3,(H,24,29)(H,25,28). The van der Waals surface area contributed by atoms with Gasteiger partial charge in [-0.2, -0.15) is 5.10 Å². The monoisotopic (exact) mass is 406 g/mol. The minimum Gasteiger partial charge on any atom is -0.350 e. The minimum atomic E-state index is -0.240. The summed E-state index contributed by atoms with van der Waals surface area (Å²) < 4.78 is 0. The van der Waals surface area contributed by atoms with Crippen molar-refractivity contribution in [3.05, 3.63) is 65.7 Å². The predicted molar refractivity (Wildman–Crippen MR) is 116 cm³/mol. The first-order valence-electron chi connectivity index (χ1n) is 10.0. The summed E-state index contributed by atoms with van der Waals surface area (Å²) in [5.41, 5.74) is 3.46. The SMILES string of the molecule is CC(=O)Nc1cccc(C(C)NC(=O)CCC(=O)N2CCC(c3ccccc3)=N2)c1. The van der Waals surface area contributed by atoms with E-state index in [1.165, 1.54) is 11.9 Å². The fourth-order valence-electron chi connectivity index (χ4n) is 3.31. The van der Waals surface area contributed by atoms with Crippen LogP contribution >= 0.6 is 0 Å². The normalized spacial score (nSPS) is 14.1. The molecule has 7 nitrogen and oxygen atoms in total. The van der Waals surface area contributed by atoms with E-state index < -0.39 is 0 Å². The van der Waals surface area contributed by atoms with Crippen molar-refractivity contribution in [1.82, 2.24) is 10.3 Å². The van der Waals surface area contributed by atoms with Gasteiger partial charge in [-0.3, -0.25) is 14.4 Å². The van der Waals surface area contributed by atoms with Gasteiger partial charge in [0.15, 0.2) is 0 Å². The highest BCUT2D eigenvalue weighted by molar-refractivity contribution is 6.02. The van der Waals surface area contributed by atoms with Crippen molar-refractivity contribution in [2.24, 2.45) is 5.10 Å². The van der Waals surface area contributed by atoms with Crippen LogP contribution < -0.4 is 10.6 Å². The van der Waals surface area contributed by atoms with Gasteiger partial charge in [-0.15, -0.1) is 0 Å². The van der Waals surface area contributed by atoms with E-state index in [-0.39, 0.29) is 36.6 Å². The molecule has 30 heavy (non-hydrogen) atoms. The maximum absolute atomic E-state index is 12.4. The molecule has 0 aliphatic carbocycles. The van der Waals surface area contributed by atoms with Crippen molar-refractivity contribution in [3.8, 4) is 0 Å². The number of hydrazone groups is 1.